The van der Waals surface area contributed by atoms with Gasteiger partial charge in [0, 0.05) is 6.04 Å². The summed E-state index contributed by atoms with van der Waals surface area (Å²) in [5, 5.41) is 9.60. The SMILES string of the molecule is CC(O)C(N)C(=O)N1C(C)CCC12CN(Cc1ncco1)C2=O. The van der Waals surface area contributed by atoms with Gasteiger partial charge in [-0.2, -0.15) is 0 Å². The summed E-state index contributed by atoms with van der Waals surface area (Å²) in [6.07, 6.45) is 3.41. The molecule has 3 N–H and O–H groups in total. The summed E-state index contributed by atoms with van der Waals surface area (Å²) < 4.78 is 5.17. The number of aliphatic hydroxyl groups is 1. The van der Waals surface area contributed by atoms with Gasteiger partial charge in [-0.05, 0) is 26.7 Å². The van der Waals surface area contributed by atoms with Crippen LogP contribution in [0.3, 0.4) is 0 Å². The van der Waals surface area contributed by atoms with Gasteiger partial charge in [-0.25, -0.2) is 4.98 Å². The molecule has 4 atom stereocenters. The second-order valence-corrected chi connectivity index (χ2v) is 6.48. The summed E-state index contributed by atoms with van der Waals surface area (Å²) >= 11 is 0. The molecule has 1 aromatic rings. The van der Waals surface area contributed by atoms with E-state index in [1.807, 2.05) is 6.92 Å². The Labute approximate surface area is 134 Å². The summed E-state index contributed by atoms with van der Waals surface area (Å²) in [7, 11) is 0. The minimum absolute atomic E-state index is 0.0693. The van der Waals surface area contributed by atoms with Gasteiger partial charge in [-0.15, -0.1) is 0 Å². The Morgan fingerprint density at radius 3 is 2.96 bits per heavy atom. The first-order valence-corrected chi connectivity index (χ1v) is 7.81. The molecule has 0 bridgehead atoms. The van der Waals surface area contributed by atoms with Gasteiger partial charge >= 0.3 is 0 Å². The molecule has 2 aliphatic heterocycles. The highest BCUT2D eigenvalue weighted by Gasteiger charge is 2.62. The fourth-order valence-electron chi connectivity index (χ4n) is 3.56. The van der Waals surface area contributed by atoms with E-state index >= 15 is 0 Å². The van der Waals surface area contributed by atoms with Crippen LogP contribution in [0.4, 0.5) is 0 Å². The normalized spacial score (nSPS) is 29.7. The van der Waals surface area contributed by atoms with Crippen molar-refractivity contribution in [3.8, 4) is 0 Å². The van der Waals surface area contributed by atoms with E-state index in [0.29, 0.717) is 25.4 Å². The lowest BCUT2D eigenvalue weighted by Crippen LogP contribution is -2.74. The lowest BCUT2D eigenvalue weighted by Gasteiger charge is -2.52. The lowest BCUT2D eigenvalue weighted by atomic mass is 9.85. The minimum Gasteiger partial charge on any atom is -0.447 e. The third kappa shape index (κ3) is 2.42. The Hall–Kier alpha value is -1.93. The number of hydrogen-bond donors (Lipinski definition) is 2. The van der Waals surface area contributed by atoms with Crippen molar-refractivity contribution in [3.63, 3.8) is 0 Å². The second-order valence-electron chi connectivity index (χ2n) is 6.48. The van der Waals surface area contributed by atoms with Crippen molar-refractivity contribution in [1.29, 1.82) is 0 Å². The quantitative estimate of drug-likeness (QED) is 0.721. The van der Waals surface area contributed by atoms with Crippen LogP contribution in [0.5, 0.6) is 0 Å². The average molecular weight is 322 g/mol. The first-order valence-electron chi connectivity index (χ1n) is 7.81. The van der Waals surface area contributed by atoms with Crippen molar-refractivity contribution in [2.75, 3.05) is 6.54 Å². The summed E-state index contributed by atoms with van der Waals surface area (Å²) in [5.74, 6) is -0.00174. The van der Waals surface area contributed by atoms with Gasteiger partial charge in [0.1, 0.15) is 17.8 Å². The Morgan fingerprint density at radius 1 is 1.65 bits per heavy atom. The van der Waals surface area contributed by atoms with E-state index in [1.54, 1.807) is 9.80 Å². The van der Waals surface area contributed by atoms with E-state index in [1.165, 1.54) is 19.4 Å². The predicted octanol–water partition coefficient (Wildman–Crippen LogP) is -0.525. The van der Waals surface area contributed by atoms with Crippen molar-refractivity contribution in [3.05, 3.63) is 18.4 Å². The number of nitrogens with two attached hydrogens (primary N) is 1. The molecule has 23 heavy (non-hydrogen) atoms. The van der Waals surface area contributed by atoms with Crippen LogP contribution in [-0.4, -0.2) is 62.0 Å². The lowest BCUT2D eigenvalue weighted by molar-refractivity contribution is -0.172. The highest BCUT2D eigenvalue weighted by atomic mass is 16.3. The first kappa shape index (κ1) is 15.9. The van der Waals surface area contributed by atoms with E-state index in [-0.39, 0.29) is 17.9 Å². The molecule has 0 radical (unpaired) electrons. The molecule has 2 aliphatic rings. The average Bonchev–Trinajstić information content (AvgIpc) is 3.14. The van der Waals surface area contributed by atoms with Crippen LogP contribution in [0.25, 0.3) is 0 Å². The summed E-state index contributed by atoms with van der Waals surface area (Å²) in [6.45, 7) is 4.13. The number of amides is 2. The van der Waals surface area contributed by atoms with Gasteiger partial charge < -0.3 is 25.1 Å². The number of nitrogens with zero attached hydrogens (tertiary/aromatic N) is 3. The molecule has 0 aliphatic carbocycles. The number of aromatic nitrogens is 1. The Balaban J connectivity index is 1.76. The minimum atomic E-state index is -1.01. The standard InChI is InChI=1S/C15H22N4O4/c1-9-3-4-15(19(9)13(21)12(16)10(2)20)8-18(14(15)22)7-11-17-5-6-23-11/h5-6,9-10,12,20H,3-4,7-8,16H2,1-2H3. The van der Waals surface area contributed by atoms with E-state index < -0.39 is 17.7 Å². The van der Waals surface area contributed by atoms with Crippen molar-refractivity contribution >= 4 is 11.8 Å². The van der Waals surface area contributed by atoms with Crippen LogP contribution in [0.15, 0.2) is 16.9 Å². The molecule has 0 aromatic carbocycles. The van der Waals surface area contributed by atoms with Crippen molar-refractivity contribution in [2.24, 2.45) is 5.73 Å². The van der Waals surface area contributed by atoms with Crippen LogP contribution in [-0.2, 0) is 16.1 Å². The number of carbonyl (C=O) groups excluding carboxylic acids is 2. The summed E-state index contributed by atoms with van der Waals surface area (Å²) in [6, 6.07) is -1.08. The van der Waals surface area contributed by atoms with Crippen LogP contribution >= 0.6 is 0 Å². The number of carbonyl (C=O) groups is 2. The molecule has 8 heteroatoms. The molecule has 1 spiro atoms. The molecule has 3 heterocycles. The van der Waals surface area contributed by atoms with Gasteiger partial charge in [0.15, 0.2) is 0 Å². The van der Waals surface area contributed by atoms with E-state index in [4.69, 9.17) is 10.2 Å². The molecule has 2 saturated heterocycles. The molecule has 126 valence electrons. The Morgan fingerprint density at radius 2 is 2.39 bits per heavy atom. The molecule has 2 fully saturated rings. The Kier molecular flexibility index (Phi) is 3.89. The summed E-state index contributed by atoms with van der Waals surface area (Å²) in [5.41, 5.74) is 4.98. The molecule has 8 nitrogen and oxygen atoms in total. The highest BCUT2D eigenvalue weighted by molar-refractivity contribution is 5.98. The zero-order valence-electron chi connectivity index (χ0n) is 13.3. The molecule has 1 aromatic heterocycles. The number of oxazole rings is 1. The molecule has 2 amide bonds. The number of aliphatic hydroxyl groups excluding tert-OH is 1. The number of rotatable bonds is 4. The molecule has 4 unspecified atom stereocenters. The zero-order valence-corrected chi connectivity index (χ0v) is 13.3. The van der Waals surface area contributed by atoms with E-state index in [0.717, 1.165) is 6.42 Å². The summed E-state index contributed by atoms with van der Waals surface area (Å²) in [4.78, 5) is 32.6. The van der Waals surface area contributed by atoms with Crippen molar-refractivity contribution in [1.82, 2.24) is 14.8 Å². The van der Waals surface area contributed by atoms with Crippen molar-refractivity contribution < 1.29 is 19.1 Å². The van der Waals surface area contributed by atoms with Gasteiger partial charge in [-0.3, -0.25) is 9.59 Å². The highest BCUT2D eigenvalue weighted by Crippen LogP contribution is 2.42. The topological polar surface area (TPSA) is 113 Å². The third-order valence-corrected chi connectivity index (χ3v) is 4.87. The second kappa shape index (κ2) is 5.61. The largest absolute Gasteiger partial charge is 0.447 e. The maximum absolute atomic E-state index is 12.7. The van der Waals surface area contributed by atoms with Crippen LogP contribution in [0.1, 0.15) is 32.6 Å². The maximum Gasteiger partial charge on any atom is 0.250 e. The van der Waals surface area contributed by atoms with Gasteiger partial charge in [0.05, 0.1) is 25.4 Å². The number of likely N-dealkylation sites (tertiary alicyclic amines) is 2. The van der Waals surface area contributed by atoms with Gasteiger partial charge in [0.25, 0.3) is 5.91 Å². The predicted molar refractivity (Wildman–Crippen MR) is 79.8 cm³/mol. The number of hydrogen-bond acceptors (Lipinski definition) is 6. The van der Waals surface area contributed by atoms with Crippen LogP contribution in [0, 0.1) is 0 Å². The maximum atomic E-state index is 12.7. The smallest absolute Gasteiger partial charge is 0.250 e. The van der Waals surface area contributed by atoms with Gasteiger partial charge in [0.2, 0.25) is 11.8 Å². The van der Waals surface area contributed by atoms with E-state index in [9.17, 15) is 14.7 Å². The zero-order chi connectivity index (χ0) is 16.8. The number of β-lactam (4-membered cyclic amide) rings is 1. The van der Waals surface area contributed by atoms with E-state index in [2.05, 4.69) is 4.98 Å². The molecule has 0 saturated carbocycles. The molecular weight excluding hydrogens is 300 g/mol. The van der Waals surface area contributed by atoms with Gasteiger partial charge in [-0.1, -0.05) is 0 Å². The molecule has 3 rings (SSSR count). The third-order valence-electron chi connectivity index (χ3n) is 4.87. The Bertz CT molecular complexity index is 603. The monoisotopic (exact) mass is 322 g/mol. The van der Waals surface area contributed by atoms with Crippen LogP contribution < -0.4 is 5.73 Å². The fourth-order valence-corrected chi connectivity index (χ4v) is 3.56. The fraction of sp³-hybridized carbons (Fsp3) is 0.667. The van der Waals surface area contributed by atoms with Crippen LogP contribution in [0.2, 0.25) is 0 Å². The first-order chi connectivity index (χ1) is 10.9. The van der Waals surface area contributed by atoms with Crippen molar-refractivity contribution in [2.45, 2.75) is 57.0 Å². The molecular formula is C15H22N4O4.